The van der Waals surface area contributed by atoms with Gasteiger partial charge in [0.1, 0.15) is 0 Å². The van der Waals surface area contributed by atoms with Crippen LogP contribution in [0, 0.1) is 0 Å². The Morgan fingerprint density at radius 1 is 0.393 bits per heavy atom. The Morgan fingerprint density at radius 3 is 1.77 bits per heavy atom. The molecule has 12 rings (SSSR count). The molecule has 2 aromatic heterocycles. The van der Waals surface area contributed by atoms with Crippen LogP contribution in [0.15, 0.2) is 212 Å². The predicted molar refractivity (Wildman–Crippen MR) is 248 cm³/mol. The van der Waals surface area contributed by atoms with E-state index in [1.165, 1.54) is 10.8 Å². The monoisotopic (exact) mass is 781 g/mol. The maximum atomic E-state index is 6.72. The third-order valence-corrected chi connectivity index (χ3v) is 11.6. The van der Waals surface area contributed by atoms with E-state index in [4.69, 9.17) is 19.7 Å². The minimum Gasteiger partial charge on any atom is -0.453 e. The summed E-state index contributed by atoms with van der Waals surface area (Å²) in [6, 6.07) is 73.8. The maximum Gasteiger partial charge on any atom is 0.238 e. The molecule has 1 aliphatic rings. The highest BCUT2D eigenvalue weighted by atomic mass is 16.5. The molecule has 0 saturated carbocycles. The van der Waals surface area contributed by atoms with E-state index in [1.807, 2.05) is 42.5 Å². The van der Waals surface area contributed by atoms with E-state index in [0.717, 1.165) is 83.7 Å². The highest BCUT2D eigenvalue weighted by Gasteiger charge is 2.27. The summed E-state index contributed by atoms with van der Waals surface area (Å²) in [5.41, 5.74) is 11.2. The molecule has 0 saturated heterocycles. The first kappa shape index (κ1) is 34.7. The number of anilines is 3. The van der Waals surface area contributed by atoms with Gasteiger partial charge in [-0.1, -0.05) is 170 Å². The second-order valence-corrected chi connectivity index (χ2v) is 15.2. The zero-order chi connectivity index (χ0) is 40.3. The van der Waals surface area contributed by atoms with E-state index in [-0.39, 0.29) is 0 Å². The van der Waals surface area contributed by atoms with Crippen molar-refractivity contribution >= 4 is 49.6 Å². The average molecular weight is 782 g/mol. The second kappa shape index (κ2) is 14.2. The molecule has 1 aliphatic heterocycles. The lowest BCUT2D eigenvalue weighted by Gasteiger charge is -2.33. The zero-order valence-electron chi connectivity index (χ0n) is 32.9. The molecule has 0 spiro atoms. The van der Waals surface area contributed by atoms with Crippen molar-refractivity contribution in [2.24, 2.45) is 0 Å². The van der Waals surface area contributed by atoms with E-state index in [2.05, 4.69) is 179 Å². The number of fused-ring (bicyclic) bond motifs is 7. The molecule has 0 atom stereocenters. The van der Waals surface area contributed by atoms with Crippen molar-refractivity contribution in [3.63, 3.8) is 0 Å². The third-order valence-electron chi connectivity index (χ3n) is 11.6. The average Bonchev–Trinajstić information content (AvgIpc) is 3.69. The van der Waals surface area contributed by atoms with Crippen LogP contribution in [0.25, 0.3) is 83.6 Å². The molecule has 11 aromatic rings. The van der Waals surface area contributed by atoms with Crippen LogP contribution < -0.4 is 9.64 Å². The van der Waals surface area contributed by atoms with Crippen molar-refractivity contribution < 1.29 is 4.74 Å². The predicted octanol–water partition coefficient (Wildman–Crippen LogP) is 14.4. The standard InChI is InChI=1S/C55H35N5O/c1-4-15-36(16-5-1)37-27-29-40(30-28-37)54-56-53(39-18-6-2-7-19-39)57-55(58-54)60-48-34-31-38-17-10-11-22-43(38)51(48)45-24-14-23-44(52(45)60)41-32-33-47-50(35-41)61-49-26-13-12-25-46(49)59(47)42-20-8-3-9-21-42/h1-35H. The van der Waals surface area contributed by atoms with Gasteiger partial charge in [0.05, 0.1) is 22.4 Å². The molecule has 9 aromatic carbocycles. The van der Waals surface area contributed by atoms with E-state index in [0.29, 0.717) is 17.6 Å². The third kappa shape index (κ3) is 5.84. The van der Waals surface area contributed by atoms with Crippen LogP contribution in [0.4, 0.5) is 17.1 Å². The molecule has 286 valence electrons. The molecular weight excluding hydrogens is 747 g/mol. The summed E-state index contributed by atoms with van der Waals surface area (Å²) in [6.07, 6.45) is 0. The lowest BCUT2D eigenvalue weighted by Crippen LogP contribution is -2.15. The first-order valence-electron chi connectivity index (χ1n) is 20.4. The number of hydrogen-bond acceptors (Lipinski definition) is 5. The Hall–Kier alpha value is -8.35. The van der Waals surface area contributed by atoms with Crippen molar-refractivity contribution in [1.29, 1.82) is 0 Å². The fraction of sp³-hybridized carbons (Fsp3) is 0. The molecule has 0 bridgehead atoms. The van der Waals surface area contributed by atoms with E-state index in [9.17, 15) is 0 Å². The van der Waals surface area contributed by atoms with E-state index >= 15 is 0 Å². The first-order chi connectivity index (χ1) is 30.2. The summed E-state index contributed by atoms with van der Waals surface area (Å²) in [4.78, 5) is 18.0. The normalized spacial score (nSPS) is 12.0. The van der Waals surface area contributed by atoms with Crippen LogP contribution in [-0.4, -0.2) is 19.5 Å². The Morgan fingerprint density at radius 2 is 0.984 bits per heavy atom. The lowest BCUT2D eigenvalue weighted by molar-refractivity contribution is 0.477. The van der Waals surface area contributed by atoms with Crippen LogP contribution in [0.3, 0.4) is 0 Å². The second-order valence-electron chi connectivity index (χ2n) is 15.2. The van der Waals surface area contributed by atoms with Crippen LogP contribution >= 0.6 is 0 Å². The van der Waals surface area contributed by atoms with Crippen LogP contribution in [0.5, 0.6) is 11.5 Å². The van der Waals surface area contributed by atoms with Gasteiger partial charge in [-0.3, -0.25) is 4.57 Å². The number of aromatic nitrogens is 4. The smallest absolute Gasteiger partial charge is 0.238 e. The number of nitrogens with zero attached hydrogens (tertiary/aromatic N) is 5. The number of para-hydroxylation sites is 4. The van der Waals surface area contributed by atoms with Gasteiger partial charge < -0.3 is 9.64 Å². The summed E-state index contributed by atoms with van der Waals surface area (Å²) >= 11 is 0. The maximum absolute atomic E-state index is 6.72. The Kier molecular flexibility index (Phi) is 8.06. The highest BCUT2D eigenvalue weighted by molar-refractivity contribution is 6.23. The molecule has 0 N–H and O–H groups in total. The quantitative estimate of drug-likeness (QED) is 0.168. The summed E-state index contributed by atoms with van der Waals surface area (Å²) in [5, 5.41) is 4.58. The lowest BCUT2D eigenvalue weighted by atomic mass is 9.99. The number of ether oxygens (including phenoxy) is 1. The largest absolute Gasteiger partial charge is 0.453 e. The van der Waals surface area contributed by atoms with Crippen molar-refractivity contribution in [3.05, 3.63) is 212 Å². The van der Waals surface area contributed by atoms with Gasteiger partial charge in [0.15, 0.2) is 23.1 Å². The van der Waals surface area contributed by atoms with Crippen molar-refractivity contribution in [2.75, 3.05) is 4.90 Å². The topological polar surface area (TPSA) is 56.1 Å². The van der Waals surface area contributed by atoms with Crippen LogP contribution in [0.1, 0.15) is 0 Å². The molecule has 6 heteroatoms. The van der Waals surface area contributed by atoms with Gasteiger partial charge in [0.2, 0.25) is 5.95 Å². The summed E-state index contributed by atoms with van der Waals surface area (Å²) in [6.45, 7) is 0. The Bertz CT molecular complexity index is 3440. The number of hydrogen-bond donors (Lipinski definition) is 0. The van der Waals surface area contributed by atoms with Crippen LogP contribution in [-0.2, 0) is 0 Å². The Balaban J connectivity index is 1.10. The van der Waals surface area contributed by atoms with Gasteiger partial charge >= 0.3 is 0 Å². The zero-order valence-corrected chi connectivity index (χ0v) is 32.9. The van der Waals surface area contributed by atoms with Gasteiger partial charge in [0.25, 0.3) is 0 Å². The van der Waals surface area contributed by atoms with Crippen molar-refractivity contribution in [1.82, 2.24) is 19.5 Å². The summed E-state index contributed by atoms with van der Waals surface area (Å²) < 4.78 is 8.95. The Labute approximate surface area is 352 Å². The van der Waals surface area contributed by atoms with Gasteiger partial charge in [-0.05, 0) is 69.9 Å². The molecule has 3 heterocycles. The number of benzene rings is 9. The molecule has 0 amide bonds. The molecule has 6 nitrogen and oxygen atoms in total. The van der Waals surface area contributed by atoms with E-state index < -0.39 is 0 Å². The molecule has 0 radical (unpaired) electrons. The van der Waals surface area contributed by atoms with Gasteiger partial charge in [0, 0.05) is 33.2 Å². The SMILES string of the molecule is c1ccc(-c2ccc(-c3nc(-c4ccccc4)nc(-n4c5ccc6ccccc6c5c5cccc(-c6ccc7c(c6)Oc6ccccc6N7c6ccccc6)c54)n3)cc2)cc1. The van der Waals surface area contributed by atoms with Gasteiger partial charge in [-0.25, -0.2) is 4.98 Å². The summed E-state index contributed by atoms with van der Waals surface area (Å²) in [5.74, 6) is 3.31. The fourth-order valence-corrected chi connectivity index (χ4v) is 8.81. The van der Waals surface area contributed by atoms with Gasteiger partial charge in [-0.15, -0.1) is 0 Å². The molecule has 0 fully saturated rings. The van der Waals surface area contributed by atoms with E-state index in [1.54, 1.807) is 0 Å². The molecular formula is C55H35N5O. The minimum absolute atomic E-state index is 0.539. The fourth-order valence-electron chi connectivity index (χ4n) is 8.81. The molecule has 0 aliphatic carbocycles. The minimum atomic E-state index is 0.539. The van der Waals surface area contributed by atoms with Crippen molar-refractivity contribution in [2.45, 2.75) is 0 Å². The van der Waals surface area contributed by atoms with Crippen molar-refractivity contribution in [3.8, 4) is 62.5 Å². The summed E-state index contributed by atoms with van der Waals surface area (Å²) in [7, 11) is 0. The number of rotatable bonds is 6. The molecule has 0 unspecified atom stereocenters. The first-order valence-corrected chi connectivity index (χ1v) is 20.4. The van der Waals surface area contributed by atoms with Gasteiger partial charge in [-0.2, -0.15) is 9.97 Å². The molecule has 61 heavy (non-hydrogen) atoms. The highest BCUT2D eigenvalue weighted by Crippen LogP contribution is 2.52. The van der Waals surface area contributed by atoms with Crippen LogP contribution in [0.2, 0.25) is 0 Å².